The van der Waals surface area contributed by atoms with Crippen molar-refractivity contribution >= 4 is 17.5 Å². The molecule has 1 aromatic carbocycles. The van der Waals surface area contributed by atoms with Crippen LogP contribution < -0.4 is 0 Å². The monoisotopic (exact) mass is 288 g/mol. The van der Waals surface area contributed by atoms with Crippen molar-refractivity contribution in [3.8, 4) is 0 Å². The van der Waals surface area contributed by atoms with E-state index in [0.29, 0.717) is 23.8 Å². The van der Waals surface area contributed by atoms with Crippen molar-refractivity contribution in [3.63, 3.8) is 0 Å². The lowest BCUT2D eigenvalue weighted by Gasteiger charge is -2.21. The Bertz CT molecular complexity index is 613. The summed E-state index contributed by atoms with van der Waals surface area (Å²) in [6, 6.07) is 11.3. The van der Waals surface area contributed by atoms with Crippen molar-refractivity contribution in [1.29, 1.82) is 0 Å². The van der Waals surface area contributed by atoms with E-state index in [1.165, 1.54) is 5.56 Å². The molecule has 1 amide bonds. The van der Waals surface area contributed by atoms with Crippen molar-refractivity contribution in [2.45, 2.75) is 20.4 Å². The predicted octanol–water partition coefficient (Wildman–Crippen LogP) is 3.71. The Morgan fingerprint density at radius 2 is 2.05 bits per heavy atom. The summed E-state index contributed by atoms with van der Waals surface area (Å²) in [4.78, 5) is 18.3. The van der Waals surface area contributed by atoms with Gasteiger partial charge in [0.25, 0.3) is 5.91 Å². The van der Waals surface area contributed by atoms with Crippen LogP contribution in [-0.2, 0) is 6.54 Å². The third kappa shape index (κ3) is 3.36. The topological polar surface area (TPSA) is 33.2 Å². The Balaban J connectivity index is 2.20. The summed E-state index contributed by atoms with van der Waals surface area (Å²) in [7, 11) is 0. The minimum absolute atomic E-state index is 0.0988. The first-order chi connectivity index (χ1) is 9.61. The molecule has 4 heteroatoms. The van der Waals surface area contributed by atoms with Gasteiger partial charge < -0.3 is 4.90 Å². The molecule has 0 spiro atoms. The van der Waals surface area contributed by atoms with Gasteiger partial charge in [0.05, 0.1) is 0 Å². The molecule has 0 N–H and O–H groups in total. The van der Waals surface area contributed by atoms with Gasteiger partial charge >= 0.3 is 0 Å². The molecule has 0 aliphatic rings. The second kappa shape index (κ2) is 6.53. The lowest BCUT2D eigenvalue weighted by atomic mass is 10.1. The molecule has 3 nitrogen and oxygen atoms in total. The second-order valence-electron chi connectivity index (χ2n) is 4.61. The zero-order valence-corrected chi connectivity index (χ0v) is 12.4. The highest BCUT2D eigenvalue weighted by Gasteiger charge is 2.16. The van der Waals surface area contributed by atoms with E-state index < -0.39 is 0 Å². The molecule has 0 saturated heterocycles. The molecule has 1 heterocycles. The van der Waals surface area contributed by atoms with Crippen molar-refractivity contribution in [2.24, 2.45) is 0 Å². The fourth-order valence-electron chi connectivity index (χ4n) is 2.00. The highest BCUT2D eigenvalue weighted by atomic mass is 35.5. The number of hydrogen-bond acceptors (Lipinski definition) is 2. The third-order valence-electron chi connectivity index (χ3n) is 3.23. The summed E-state index contributed by atoms with van der Waals surface area (Å²) in [5.41, 5.74) is 2.70. The first-order valence-electron chi connectivity index (χ1n) is 6.57. The number of amides is 1. The highest BCUT2D eigenvalue weighted by molar-refractivity contribution is 6.30. The quantitative estimate of drug-likeness (QED) is 0.859. The van der Waals surface area contributed by atoms with Crippen LogP contribution in [0.2, 0.25) is 5.02 Å². The van der Waals surface area contributed by atoms with Crippen LogP contribution in [0.5, 0.6) is 0 Å². The van der Waals surface area contributed by atoms with Crippen molar-refractivity contribution < 1.29 is 4.79 Å². The SMILES string of the molecule is CCN(Cc1ccccc1C)C(=O)c1cc(Cl)ccn1. The van der Waals surface area contributed by atoms with Gasteiger partial charge in [0.2, 0.25) is 0 Å². The predicted molar refractivity (Wildman–Crippen MR) is 80.8 cm³/mol. The summed E-state index contributed by atoms with van der Waals surface area (Å²) in [6.45, 7) is 5.21. The van der Waals surface area contributed by atoms with Crippen molar-refractivity contribution in [1.82, 2.24) is 9.88 Å². The molecule has 0 fully saturated rings. The fraction of sp³-hybridized carbons (Fsp3) is 0.250. The molecular formula is C16H17ClN2O. The number of rotatable bonds is 4. The molecule has 0 unspecified atom stereocenters. The second-order valence-corrected chi connectivity index (χ2v) is 5.04. The molecule has 20 heavy (non-hydrogen) atoms. The molecule has 2 aromatic rings. The minimum atomic E-state index is -0.0988. The Hall–Kier alpha value is -1.87. The molecular weight excluding hydrogens is 272 g/mol. The number of pyridine rings is 1. The molecule has 104 valence electrons. The van der Waals surface area contributed by atoms with Gasteiger partial charge in [-0.2, -0.15) is 0 Å². The van der Waals surface area contributed by atoms with E-state index in [-0.39, 0.29) is 5.91 Å². The summed E-state index contributed by atoms with van der Waals surface area (Å²) in [5.74, 6) is -0.0988. The van der Waals surface area contributed by atoms with Crippen LogP contribution in [0.3, 0.4) is 0 Å². The lowest BCUT2D eigenvalue weighted by molar-refractivity contribution is 0.0746. The maximum atomic E-state index is 12.4. The molecule has 0 radical (unpaired) electrons. The third-order valence-corrected chi connectivity index (χ3v) is 3.47. The fourth-order valence-corrected chi connectivity index (χ4v) is 2.16. The standard InChI is InChI=1S/C16H17ClN2O/c1-3-19(11-13-7-5-4-6-12(13)2)16(20)15-10-14(17)8-9-18-15/h4-10H,3,11H2,1-2H3. The number of carbonyl (C=O) groups excluding carboxylic acids is 1. The van der Waals surface area contributed by atoms with Crippen LogP contribution in [0, 0.1) is 6.92 Å². The van der Waals surface area contributed by atoms with Crippen LogP contribution in [0.1, 0.15) is 28.5 Å². The molecule has 0 aliphatic carbocycles. The van der Waals surface area contributed by atoms with Crippen molar-refractivity contribution in [3.05, 3.63) is 64.4 Å². The van der Waals surface area contributed by atoms with Gasteiger partial charge in [0.1, 0.15) is 5.69 Å². The lowest BCUT2D eigenvalue weighted by Crippen LogP contribution is -2.31. The normalized spacial score (nSPS) is 10.3. The molecule has 0 saturated carbocycles. The van der Waals surface area contributed by atoms with E-state index in [2.05, 4.69) is 4.98 Å². The van der Waals surface area contributed by atoms with Crippen LogP contribution in [0.15, 0.2) is 42.6 Å². The number of aryl methyl sites for hydroxylation is 1. The molecule has 1 aromatic heterocycles. The van der Waals surface area contributed by atoms with E-state index in [0.717, 1.165) is 5.56 Å². The van der Waals surface area contributed by atoms with Crippen LogP contribution in [-0.4, -0.2) is 22.3 Å². The number of halogens is 1. The average Bonchev–Trinajstić information content (AvgIpc) is 2.46. The Morgan fingerprint density at radius 1 is 1.30 bits per heavy atom. The number of aromatic nitrogens is 1. The zero-order chi connectivity index (χ0) is 14.5. The number of benzene rings is 1. The Morgan fingerprint density at radius 3 is 2.70 bits per heavy atom. The van der Waals surface area contributed by atoms with Crippen LogP contribution >= 0.6 is 11.6 Å². The van der Waals surface area contributed by atoms with E-state index in [1.807, 2.05) is 38.1 Å². The molecule has 0 bridgehead atoms. The van der Waals surface area contributed by atoms with Gasteiger partial charge in [-0.05, 0) is 37.1 Å². The maximum absolute atomic E-state index is 12.4. The van der Waals surface area contributed by atoms with Gasteiger partial charge in [-0.15, -0.1) is 0 Å². The molecule has 2 rings (SSSR count). The number of nitrogens with zero attached hydrogens (tertiary/aromatic N) is 2. The summed E-state index contributed by atoms with van der Waals surface area (Å²) in [6.07, 6.45) is 1.55. The summed E-state index contributed by atoms with van der Waals surface area (Å²) >= 11 is 5.91. The van der Waals surface area contributed by atoms with E-state index in [4.69, 9.17) is 11.6 Å². The molecule has 0 atom stereocenters. The largest absolute Gasteiger partial charge is 0.333 e. The van der Waals surface area contributed by atoms with E-state index in [1.54, 1.807) is 23.2 Å². The summed E-state index contributed by atoms with van der Waals surface area (Å²) < 4.78 is 0. The van der Waals surface area contributed by atoms with Gasteiger partial charge in [-0.1, -0.05) is 35.9 Å². The van der Waals surface area contributed by atoms with E-state index >= 15 is 0 Å². The van der Waals surface area contributed by atoms with Crippen LogP contribution in [0.4, 0.5) is 0 Å². The van der Waals surface area contributed by atoms with E-state index in [9.17, 15) is 4.79 Å². The highest BCUT2D eigenvalue weighted by Crippen LogP contribution is 2.14. The molecule has 0 aliphatic heterocycles. The van der Waals surface area contributed by atoms with Gasteiger partial charge in [-0.3, -0.25) is 9.78 Å². The zero-order valence-electron chi connectivity index (χ0n) is 11.6. The van der Waals surface area contributed by atoms with Crippen molar-refractivity contribution in [2.75, 3.05) is 6.54 Å². The van der Waals surface area contributed by atoms with Gasteiger partial charge in [0.15, 0.2) is 0 Å². The first kappa shape index (κ1) is 14.5. The summed E-state index contributed by atoms with van der Waals surface area (Å²) in [5, 5.41) is 0.523. The maximum Gasteiger partial charge on any atom is 0.272 e. The minimum Gasteiger partial charge on any atom is -0.333 e. The smallest absolute Gasteiger partial charge is 0.272 e. The average molecular weight is 289 g/mol. The van der Waals surface area contributed by atoms with Gasteiger partial charge in [-0.25, -0.2) is 0 Å². The van der Waals surface area contributed by atoms with Crippen LogP contribution in [0.25, 0.3) is 0 Å². The Labute approximate surface area is 124 Å². The number of hydrogen-bond donors (Lipinski definition) is 0. The Kier molecular flexibility index (Phi) is 4.74. The number of carbonyl (C=O) groups is 1. The first-order valence-corrected chi connectivity index (χ1v) is 6.95. The van der Waals surface area contributed by atoms with Gasteiger partial charge in [0, 0.05) is 24.3 Å².